The molecule has 3 aliphatic rings. The van der Waals surface area contributed by atoms with Crippen LogP contribution in [0.3, 0.4) is 0 Å². The number of thiazole rings is 1. The van der Waals surface area contributed by atoms with Crippen molar-refractivity contribution in [1.29, 1.82) is 0 Å². The molecule has 2 bridgehead atoms. The van der Waals surface area contributed by atoms with Crippen molar-refractivity contribution in [1.82, 2.24) is 10.1 Å². The van der Waals surface area contributed by atoms with Gasteiger partial charge >= 0.3 is 11.9 Å². The number of piperidine rings is 1. The van der Waals surface area contributed by atoms with Gasteiger partial charge in [-0.3, -0.25) is 0 Å². The van der Waals surface area contributed by atoms with Crippen molar-refractivity contribution in [2.24, 2.45) is 0 Å². The molecular formula is C28H22F3N3O5S. The Morgan fingerprint density at radius 3 is 2.38 bits per heavy atom. The van der Waals surface area contributed by atoms with E-state index in [0.717, 1.165) is 43.9 Å². The number of halogens is 3. The minimum atomic E-state index is -1.21. The van der Waals surface area contributed by atoms with Gasteiger partial charge in [-0.1, -0.05) is 22.6 Å². The zero-order valence-electron chi connectivity index (χ0n) is 20.9. The van der Waals surface area contributed by atoms with Crippen LogP contribution in [-0.2, 0) is 4.74 Å². The summed E-state index contributed by atoms with van der Waals surface area (Å²) in [5, 5.41) is 13.7. The summed E-state index contributed by atoms with van der Waals surface area (Å²) in [6, 6.07) is 5.79. The van der Waals surface area contributed by atoms with Crippen LogP contribution in [0.15, 0.2) is 34.9 Å². The van der Waals surface area contributed by atoms with E-state index < -0.39 is 41.1 Å². The van der Waals surface area contributed by atoms with E-state index in [-0.39, 0.29) is 40.3 Å². The van der Waals surface area contributed by atoms with Crippen molar-refractivity contribution in [3.05, 3.63) is 64.7 Å². The van der Waals surface area contributed by atoms with Crippen molar-refractivity contribution in [3.8, 4) is 11.3 Å². The third-order valence-corrected chi connectivity index (χ3v) is 8.95. The molecule has 12 heteroatoms. The van der Waals surface area contributed by atoms with Gasteiger partial charge in [0.15, 0.2) is 16.7 Å². The highest BCUT2D eigenvalue weighted by Crippen LogP contribution is 2.46. The minimum absolute atomic E-state index is 0.0204. The standard InChI is InChI=1S/C28H22F3N3O5S/c29-17-2-1-3-18(30)21(17)24-22(25(39-33-24)12-4-5-12)27(37)38-16-10-14-6-7-15(11-16)34(14)28-32-23-19(31)8-13(26(35)36)9-20(23)40-28/h1-3,8-9,12,14-16H,4-7,10-11H2,(H,35,36)/t14-,15+,16-. The van der Waals surface area contributed by atoms with Gasteiger partial charge in [0.1, 0.15) is 34.5 Å². The van der Waals surface area contributed by atoms with Crippen LogP contribution in [0, 0.1) is 17.5 Å². The molecule has 2 aromatic carbocycles. The van der Waals surface area contributed by atoms with Gasteiger partial charge in [-0.15, -0.1) is 0 Å². The molecule has 1 aliphatic carbocycles. The second kappa shape index (κ2) is 9.33. The Labute approximate surface area is 229 Å². The summed E-state index contributed by atoms with van der Waals surface area (Å²) in [6.45, 7) is 0. The zero-order valence-corrected chi connectivity index (χ0v) is 21.7. The molecule has 3 atom stereocenters. The fourth-order valence-electron chi connectivity index (χ4n) is 5.98. The lowest BCUT2D eigenvalue weighted by atomic mass is 9.99. The number of esters is 1. The molecule has 2 saturated heterocycles. The number of ether oxygens (including phenoxy) is 1. The number of aromatic carboxylic acids is 1. The second-order valence-corrected chi connectivity index (χ2v) is 11.5. The van der Waals surface area contributed by atoms with Crippen LogP contribution < -0.4 is 4.90 Å². The molecule has 1 saturated carbocycles. The molecule has 0 amide bonds. The number of hydrogen-bond acceptors (Lipinski definition) is 8. The lowest BCUT2D eigenvalue weighted by Crippen LogP contribution is -2.46. The Morgan fingerprint density at radius 1 is 1.02 bits per heavy atom. The van der Waals surface area contributed by atoms with Crippen LogP contribution in [0.1, 0.15) is 70.9 Å². The van der Waals surface area contributed by atoms with Gasteiger partial charge in [-0.05, 0) is 49.9 Å². The molecule has 1 N–H and O–H groups in total. The quantitative estimate of drug-likeness (QED) is 0.270. The number of benzene rings is 2. The fourth-order valence-corrected chi connectivity index (χ4v) is 7.14. The number of aromatic nitrogens is 2. The predicted octanol–water partition coefficient (Wildman–Crippen LogP) is 6.30. The number of carboxylic acid groups (broad SMARTS) is 1. The topological polar surface area (TPSA) is 106 Å². The van der Waals surface area contributed by atoms with Gasteiger partial charge in [0, 0.05) is 30.8 Å². The molecule has 7 rings (SSSR count). The molecule has 4 aromatic rings. The zero-order chi connectivity index (χ0) is 27.7. The maximum Gasteiger partial charge on any atom is 0.344 e. The Morgan fingerprint density at radius 2 is 1.73 bits per heavy atom. The summed E-state index contributed by atoms with van der Waals surface area (Å²) in [4.78, 5) is 31.4. The average molecular weight is 570 g/mol. The molecule has 0 unspecified atom stereocenters. The first-order chi connectivity index (χ1) is 19.3. The minimum Gasteiger partial charge on any atom is -0.478 e. The van der Waals surface area contributed by atoms with E-state index in [1.807, 2.05) is 0 Å². The van der Waals surface area contributed by atoms with E-state index >= 15 is 0 Å². The number of fused-ring (bicyclic) bond motifs is 3. The van der Waals surface area contributed by atoms with Gasteiger partial charge < -0.3 is 19.3 Å². The highest BCUT2D eigenvalue weighted by Gasteiger charge is 2.45. The maximum atomic E-state index is 14.6. The van der Waals surface area contributed by atoms with Gasteiger partial charge in [0.25, 0.3) is 0 Å². The Bertz CT molecular complexity index is 1650. The lowest BCUT2D eigenvalue weighted by molar-refractivity contribution is 0.0202. The largest absolute Gasteiger partial charge is 0.478 e. The number of carbonyl (C=O) groups is 2. The van der Waals surface area contributed by atoms with Crippen molar-refractivity contribution < 1.29 is 37.1 Å². The smallest absolute Gasteiger partial charge is 0.344 e. The molecule has 206 valence electrons. The second-order valence-electron chi connectivity index (χ2n) is 10.5. The third-order valence-electron chi connectivity index (χ3n) is 7.94. The summed E-state index contributed by atoms with van der Waals surface area (Å²) in [7, 11) is 0. The van der Waals surface area contributed by atoms with Gasteiger partial charge in [-0.2, -0.15) is 0 Å². The number of nitrogens with zero attached hydrogens (tertiary/aromatic N) is 3. The molecular weight excluding hydrogens is 547 g/mol. The molecule has 40 heavy (non-hydrogen) atoms. The van der Waals surface area contributed by atoms with Crippen molar-refractivity contribution in [2.45, 2.75) is 62.6 Å². The monoisotopic (exact) mass is 569 g/mol. The Hall–Kier alpha value is -3.93. The summed E-state index contributed by atoms with van der Waals surface area (Å²) in [6.07, 6.45) is 3.75. The molecule has 0 radical (unpaired) electrons. The average Bonchev–Trinajstić information content (AvgIpc) is 3.41. The van der Waals surface area contributed by atoms with Gasteiger partial charge in [0.2, 0.25) is 0 Å². The highest BCUT2D eigenvalue weighted by molar-refractivity contribution is 7.22. The molecule has 4 heterocycles. The van der Waals surface area contributed by atoms with Crippen LogP contribution in [0.4, 0.5) is 18.3 Å². The predicted molar refractivity (Wildman–Crippen MR) is 138 cm³/mol. The van der Waals surface area contributed by atoms with E-state index in [9.17, 15) is 27.9 Å². The summed E-state index contributed by atoms with van der Waals surface area (Å²) >= 11 is 1.24. The van der Waals surface area contributed by atoms with Crippen LogP contribution in [0.2, 0.25) is 0 Å². The molecule has 2 aromatic heterocycles. The first-order valence-electron chi connectivity index (χ1n) is 13.0. The molecule has 8 nitrogen and oxygen atoms in total. The summed E-state index contributed by atoms with van der Waals surface area (Å²) in [5.41, 5.74) is -0.653. The first-order valence-corrected chi connectivity index (χ1v) is 13.9. The fraction of sp³-hybridized carbons (Fsp3) is 0.357. The third kappa shape index (κ3) is 4.12. The van der Waals surface area contributed by atoms with Crippen LogP contribution >= 0.6 is 11.3 Å². The Balaban J connectivity index is 1.14. The van der Waals surface area contributed by atoms with E-state index in [2.05, 4.69) is 15.0 Å². The summed E-state index contributed by atoms with van der Waals surface area (Å²) < 4.78 is 55.6. The van der Waals surface area contributed by atoms with Gasteiger partial charge in [0.05, 0.1) is 15.8 Å². The number of carboxylic acids is 1. The van der Waals surface area contributed by atoms with E-state index in [0.29, 0.717) is 28.4 Å². The van der Waals surface area contributed by atoms with E-state index in [4.69, 9.17) is 9.26 Å². The van der Waals surface area contributed by atoms with Crippen molar-refractivity contribution in [2.75, 3.05) is 4.90 Å². The summed E-state index contributed by atoms with van der Waals surface area (Å²) in [5.74, 6) is -4.06. The number of rotatable bonds is 6. The SMILES string of the molecule is O=C(O)c1cc(F)c2nc(N3[C@@H]4CC[C@H]3C[C@H](OC(=O)c3c(-c5c(F)cccc5F)noc3C3CC3)C4)sc2c1. The van der Waals surface area contributed by atoms with Gasteiger partial charge in [-0.25, -0.2) is 27.7 Å². The molecule has 2 aliphatic heterocycles. The van der Waals surface area contributed by atoms with Crippen LogP contribution in [-0.4, -0.2) is 45.4 Å². The molecule has 3 fully saturated rings. The van der Waals surface area contributed by atoms with E-state index in [1.165, 1.54) is 23.5 Å². The first kappa shape index (κ1) is 25.1. The van der Waals surface area contributed by atoms with E-state index in [1.54, 1.807) is 0 Å². The number of anilines is 1. The van der Waals surface area contributed by atoms with Crippen molar-refractivity contribution >= 4 is 38.6 Å². The van der Waals surface area contributed by atoms with Crippen LogP contribution in [0.25, 0.3) is 21.5 Å². The maximum absolute atomic E-state index is 14.6. The van der Waals surface area contributed by atoms with Crippen LogP contribution in [0.5, 0.6) is 0 Å². The number of hydrogen-bond donors (Lipinski definition) is 1. The normalized spacial score (nSPS) is 22.2. The van der Waals surface area contributed by atoms with Crippen molar-refractivity contribution in [3.63, 3.8) is 0 Å². The number of carbonyl (C=O) groups excluding carboxylic acids is 1. The Kier molecular flexibility index (Phi) is 5.84. The lowest BCUT2D eigenvalue weighted by Gasteiger charge is -2.38. The highest BCUT2D eigenvalue weighted by atomic mass is 32.1. The molecule has 0 spiro atoms.